The lowest BCUT2D eigenvalue weighted by Gasteiger charge is -2.32. The van der Waals surface area contributed by atoms with Crippen LogP contribution in [0.5, 0.6) is 5.75 Å². The number of fused-ring (bicyclic) bond motifs is 1. The molecule has 6 nitrogen and oxygen atoms in total. The fraction of sp³-hybridized carbons (Fsp3) is 0.276. The van der Waals surface area contributed by atoms with Gasteiger partial charge in [-0.05, 0) is 60.9 Å². The van der Waals surface area contributed by atoms with E-state index in [0.717, 1.165) is 5.56 Å². The van der Waals surface area contributed by atoms with E-state index in [9.17, 15) is 9.59 Å². The molecule has 0 aliphatic heterocycles. The van der Waals surface area contributed by atoms with E-state index in [4.69, 9.17) is 21.3 Å². The highest BCUT2D eigenvalue weighted by molar-refractivity contribution is 6.31. The average molecular weight is 504 g/mol. The quantitative estimate of drug-likeness (QED) is 0.303. The van der Waals surface area contributed by atoms with Crippen molar-refractivity contribution in [1.82, 2.24) is 14.5 Å². The molecule has 0 fully saturated rings. The first-order valence-electron chi connectivity index (χ1n) is 12.0. The van der Waals surface area contributed by atoms with E-state index >= 15 is 0 Å². The van der Waals surface area contributed by atoms with Gasteiger partial charge < -0.3 is 9.64 Å². The first kappa shape index (κ1) is 25.5. The summed E-state index contributed by atoms with van der Waals surface area (Å²) in [6.07, 6.45) is 0.268. The van der Waals surface area contributed by atoms with Gasteiger partial charge in [-0.2, -0.15) is 0 Å². The predicted molar refractivity (Wildman–Crippen MR) is 144 cm³/mol. The summed E-state index contributed by atoms with van der Waals surface area (Å²) in [5.74, 6) is 1.36. The normalized spacial score (nSPS) is 12.1. The molecule has 1 amide bonds. The van der Waals surface area contributed by atoms with Gasteiger partial charge in [-0.25, -0.2) is 4.98 Å². The summed E-state index contributed by atoms with van der Waals surface area (Å²) in [5, 5.41) is 0.951. The van der Waals surface area contributed by atoms with Gasteiger partial charge in [0.25, 0.3) is 5.56 Å². The van der Waals surface area contributed by atoms with Crippen molar-refractivity contribution in [2.24, 2.45) is 5.92 Å². The van der Waals surface area contributed by atoms with E-state index in [1.165, 1.54) is 0 Å². The molecule has 0 aliphatic rings. The first-order valence-corrected chi connectivity index (χ1v) is 12.4. The maximum Gasteiger partial charge on any atom is 0.266 e. The van der Waals surface area contributed by atoms with Gasteiger partial charge in [0, 0.05) is 11.6 Å². The second-order valence-electron chi connectivity index (χ2n) is 9.25. The van der Waals surface area contributed by atoms with Crippen LogP contribution in [0.25, 0.3) is 16.6 Å². The zero-order valence-electron chi connectivity index (χ0n) is 20.9. The average Bonchev–Trinajstić information content (AvgIpc) is 2.87. The molecule has 4 aromatic rings. The molecule has 1 heterocycles. The van der Waals surface area contributed by atoms with Gasteiger partial charge in [0.1, 0.15) is 11.6 Å². The number of aromatic nitrogens is 2. The van der Waals surface area contributed by atoms with Crippen LogP contribution in [0.4, 0.5) is 0 Å². The molecule has 0 aliphatic carbocycles. The monoisotopic (exact) mass is 503 g/mol. The lowest BCUT2D eigenvalue weighted by atomic mass is 10.1. The Labute approximate surface area is 216 Å². The van der Waals surface area contributed by atoms with Crippen LogP contribution in [0, 0.1) is 5.92 Å². The number of hydrogen-bond acceptors (Lipinski definition) is 4. The second-order valence-corrected chi connectivity index (χ2v) is 9.68. The topological polar surface area (TPSA) is 64.4 Å². The SMILES string of the molecule is COc1ccc(-n2c(C(C)N(CC(C)C)C(=O)Cc3ccccc3)nc3cc(Cl)ccc3c2=O)cc1. The Morgan fingerprint density at radius 2 is 1.72 bits per heavy atom. The van der Waals surface area contributed by atoms with Crippen molar-refractivity contribution in [2.75, 3.05) is 13.7 Å². The van der Waals surface area contributed by atoms with Crippen LogP contribution in [0.15, 0.2) is 77.6 Å². The molecule has 36 heavy (non-hydrogen) atoms. The molecule has 186 valence electrons. The van der Waals surface area contributed by atoms with Crippen LogP contribution in [0.3, 0.4) is 0 Å². The smallest absolute Gasteiger partial charge is 0.266 e. The summed E-state index contributed by atoms with van der Waals surface area (Å²) < 4.78 is 6.88. The maximum atomic E-state index is 13.8. The number of amides is 1. The zero-order chi connectivity index (χ0) is 25.8. The van der Waals surface area contributed by atoms with Crippen molar-refractivity contribution < 1.29 is 9.53 Å². The van der Waals surface area contributed by atoms with Crippen LogP contribution in [0.2, 0.25) is 5.02 Å². The lowest BCUT2D eigenvalue weighted by Crippen LogP contribution is -2.40. The lowest BCUT2D eigenvalue weighted by molar-refractivity contribution is -0.133. The number of nitrogens with zero attached hydrogens (tertiary/aromatic N) is 3. The van der Waals surface area contributed by atoms with E-state index in [2.05, 4.69) is 13.8 Å². The molecular formula is C29H30ClN3O3. The summed E-state index contributed by atoms with van der Waals surface area (Å²) in [7, 11) is 1.60. The van der Waals surface area contributed by atoms with Gasteiger partial charge in [0.15, 0.2) is 0 Å². The number of halogens is 1. The number of benzene rings is 3. The number of hydrogen-bond donors (Lipinski definition) is 0. The predicted octanol–water partition coefficient (Wildman–Crippen LogP) is 5.84. The van der Waals surface area contributed by atoms with Crippen molar-refractivity contribution in [1.29, 1.82) is 0 Å². The summed E-state index contributed by atoms with van der Waals surface area (Å²) >= 11 is 6.24. The van der Waals surface area contributed by atoms with Gasteiger partial charge in [0.05, 0.1) is 36.2 Å². The molecule has 3 aromatic carbocycles. The molecule has 0 N–H and O–H groups in total. The van der Waals surface area contributed by atoms with Crippen LogP contribution in [0.1, 0.15) is 38.2 Å². The molecule has 1 unspecified atom stereocenters. The van der Waals surface area contributed by atoms with Crippen LogP contribution >= 0.6 is 11.6 Å². The number of carbonyl (C=O) groups is 1. The largest absolute Gasteiger partial charge is 0.497 e. The molecule has 0 saturated heterocycles. The fourth-order valence-electron chi connectivity index (χ4n) is 4.32. The van der Waals surface area contributed by atoms with Crippen LogP contribution in [-0.2, 0) is 11.2 Å². The van der Waals surface area contributed by atoms with E-state index in [0.29, 0.717) is 39.7 Å². The summed E-state index contributed by atoms with van der Waals surface area (Å²) in [4.78, 5) is 34.0. The summed E-state index contributed by atoms with van der Waals surface area (Å²) in [5.41, 5.74) is 1.86. The molecule has 0 radical (unpaired) electrons. The highest BCUT2D eigenvalue weighted by Gasteiger charge is 2.27. The summed E-state index contributed by atoms with van der Waals surface area (Å²) in [6, 6.07) is 21.5. The Bertz CT molecular complexity index is 1420. The Morgan fingerprint density at radius 3 is 2.36 bits per heavy atom. The molecule has 0 spiro atoms. The Kier molecular flexibility index (Phi) is 7.75. The van der Waals surface area contributed by atoms with E-state index in [1.807, 2.05) is 54.3 Å². The van der Waals surface area contributed by atoms with Gasteiger partial charge >= 0.3 is 0 Å². The number of methoxy groups -OCH3 is 1. The number of ether oxygens (including phenoxy) is 1. The van der Waals surface area contributed by atoms with Crippen molar-refractivity contribution in [3.05, 3.63) is 99.6 Å². The van der Waals surface area contributed by atoms with Gasteiger partial charge in [-0.1, -0.05) is 55.8 Å². The van der Waals surface area contributed by atoms with E-state index in [1.54, 1.807) is 42.0 Å². The van der Waals surface area contributed by atoms with E-state index in [-0.39, 0.29) is 23.8 Å². The van der Waals surface area contributed by atoms with Gasteiger partial charge in [-0.15, -0.1) is 0 Å². The highest BCUT2D eigenvalue weighted by Crippen LogP contribution is 2.26. The zero-order valence-corrected chi connectivity index (χ0v) is 21.7. The third-order valence-corrected chi connectivity index (χ3v) is 6.34. The molecular weight excluding hydrogens is 474 g/mol. The van der Waals surface area contributed by atoms with Gasteiger partial charge in [0.2, 0.25) is 5.91 Å². The molecule has 0 bridgehead atoms. The standard InChI is InChI=1S/C29H30ClN3O3/c1-19(2)18-32(27(34)16-21-8-6-5-7-9-21)20(3)28-31-26-17-22(30)10-15-25(26)29(35)33(28)23-11-13-24(36-4)14-12-23/h5-15,17,19-20H,16,18H2,1-4H3. The minimum absolute atomic E-state index is 0.0240. The molecule has 4 rings (SSSR count). The third-order valence-electron chi connectivity index (χ3n) is 6.11. The minimum Gasteiger partial charge on any atom is -0.497 e. The highest BCUT2D eigenvalue weighted by atomic mass is 35.5. The van der Waals surface area contributed by atoms with Crippen molar-refractivity contribution in [2.45, 2.75) is 33.2 Å². The number of rotatable bonds is 8. The molecule has 1 atom stereocenters. The Morgan fingerprint density at radius 1 is 1.03 bits per heavy atom. The Hall–Kier alpha value is -3.64. The molecule has 0 saturated carbocycles. The molecule has 1 aromatic heterocycles. The Balaban J connectivity index is 1.87. The van der Waals surface area contributed by atoms with E-state index < -0.39 is 6.04 Å². The fourth-order valence-corrected chi connectivity index (χ4v) is 4.48. The van der Waals surface area contributed by atoms with Gasteiger partial charge in [-0.3, -0.25) is 14.2 Å². The van der Waals surface area contributed by atoms with Crippen LogP contribution in [-0.4, -0.2) is 34.0 Å². The number of carbonyl (C=O) groups excluding carboxylic acids is 1. The first-order chi connectivity index (χ1) is 17.3. The minimum atomic E-state index is -0.471. The molecule has 7 heteroatoms. The maximum absolute atomic E-state index is 13.8. The van der Waals surface area contributed by atoms with Crippen molar-refractivity contribution in [3.63, 3.8) is 0 Å². The van der Waals surface area contributed by atoms with Crippen LogP contribution < -0.4 is 10.3 Å². The third kappa shape index (κ3) is 5.44. The van der Waals surface area contributed by atoms with Crippen molar-refractivity contribution >= 4 is 28.4 Å². The van der Waals surface area contributed by atoms with Crippen molar-refractivity contribution in [3.8, 4) is 11.4 Å². The second kappa shape index (κ2) is 11.0. The summed E-state index contributed by atoms with van der Waals surface area (Å²) in [6.45, 7) is 6.59.